The Labute approximate surface area is 150 Å². The topological polar surface area (TPSA) is 72.2 Å². The van der Waals surface area contributed by atoms with Crippen molar-refractivity contribution in [3.8, 4) is 0 Å². The Bertz CT molecular complexity index is 975. The molecule has 1 N–H and O–H groups in total. The molecule has 0 saturated carbocycles. The van der Waals surface area contributed by atoms with Crippen LogP contribution in [0, 0.1) is 10.1 Å². The van der Waals surface area contributed by atoms with Crippen molar-refractivity contribution in [2.75, 3.05) is 5.32 Å². The molecule has 0 bridgehead atoms. The van der Waals surface area contributed by atoms with E-state index in [-0.39, 0.29) is 16.4 Å². The van der Waals surface area contributed by atoms with Crippen LogP contribution in [0.4, 0.5) is 11.4 Å². The van der Waals surface area contributed by atoms with E-state index in [9.17, 15) is 14.9 Å². The van der Waals surface area contributed by atoms with Crippen LogP contribution < -0.4 is 5.32 Å². The molecule has 3 rings (SSSR count). The van der Waals surface area contributed by atoms with E-state index in [1.807, 2.05) is 24.3 Å². The number of amides is 1. The van der Waals surface area contributed by atoms with Crippen molar-refractivity contribution in [1.82, 2.24) is 0 Å². The van der Waals surface area contributed by atoms with Gasteiger partial charge in [0.25, 0.3) is 11.6 Å². The molecule has 120 valence electrons. The molecule has 0 heterocycles. The lowest BCUT2D eigenvalue weighted by molar-refractivity contribution is -0.383. The molecule has 0 aliphatic carbocycles. The minimum atomic E-state index is -0.582. The van der Waals surface area contributed by atoms with Gasteiger partial charge in [0.1, 0.15) is 5.69 Å². The lowest BCUT2D eigenvalue weighted by Gasteiger charge is -2.09. The average Bonchev–Trinajstić information content (AvgIpc) is 2.56. The number of nitro benzene ring substituents is 1. The number of carbonyl (C=O) groups is 1. The predicted molar refractivity (Wildman–Crippen MR) is 97.7 cm³/mol. The second-order valence-corrected chi connectivity index (χ2v) is 6.30. The first-order chi connectivity index (χ1) is 11.5. The maximum atomic E-state index is 12.6. The Morgan fingerprint density at radius 3 is 2.54 bits per heavy atom. The van der Waals surface area contributed by atoms with E-state index in [2.05, 4.69) is 21.2 Å². The summed E-state index contributed by atoms with van der Waals surface area (Å²) in [5, 5.41) is 15.6. The number of rotatable bonds is 3. The standard InChI is InChI=1S/C17H10BrClN2O3/c18-14-6-2-3-11-12(14)4-1-5-13(11)17(22)20-15-8-7-10(19)9-16(15)21(23)24/h1-9H,(H,20,22). The van der Waals surface area contributed by atoms with E-state index in [1.165, 1.54) is 18.2 Å². The van der Waals surface area contributed by atoms with Crippen LogP contribution in [0.5, 0.6) is 0 Å². The van der Waals surface area contributed by atoms with E-state index in [4.69, 9.17) is 11.6 Å². The fourth-order valence-corrected chi connectivity index (χ4v) is 3.09. The highest BCUT2D eigenvalue weighted by molar-refractivity contribution is 9.10. The summed E-state index contributed by atoms with van der Waals surface area (Å²) in [6, 6.07) is 15.0. The van der Waals surface area contributed by atoms with Crippen LogP contribution in [-0.2, 0) is 0 Å². The highest BCUT2D eigenvalue weighted by atomic mass is 79.9. The molecule has 0 fully saturated rings. The lowest BCUT2D eigenvalue weighted by atomic mass is 10.0. The first kappa shape index (κ1) is 16.4. The van der Waals surface area contributed by atoms with E-state index in [0.29, 0.717) is 5.56 Å². The van der Waals surface area contributed by atoms with E-state index >= 15 is 0 Å². The van der Waals surface area contributed by atoms with Crippen molar-refractivity contribution in [3.63, 3.8) is 0 Å². The van der Waals surface area contributed by atoms with Crippen molar-refractivity contribution in [2.24, 2.45) is 0 Å². The molecule has 0 aliphatic rings. The van der Waals surface area contributed by atoms with Gasteiger partial charge in [-0.15, -0.1) is 0 Å². The Hall–Kier alpha value is -2.44. The number of hydrogen-bond donors (Lipinski definition) is 1. The molecule has 7 heteroatoms. The zero-order valence-corrected chi connectivity index (χ0v) is 14.5. The van der Waals surface area contributed by atoms with Crippen molar-refractivity contribution >= 4 is 55.6 Å². The van der Waals surface area contributed by atoms with Gasteiger partial charge < -0.3 is 5.32 Å². The van der Waals surface area contributed by atoms with Gasteiger partial charge in [-0.05, 0) is 35.0 Å². The molecule has 24 heavy (non-hydrogen) atoms. The number of carbonyl (C=O) groups excluding carboxylic acids is 1. The van der Waals surface area contributed by atoms with Gasteiger partial charge >= 0.3 is 0 Å². The minimum absolute atomic E-state index is 0.0985. The Morgan fingerprint density at radius 1 is 1.08 bits per heavy atom. The highest BCUT2D eigenvalue weighted by Crippen LogP contribution is 2.30. The summed E-state index contributed by atoms with van der Waals surface area (Å²) in [6.45, 7) is 0. The zero-order valence-electron chi connectivity index (χ0n) is 12.1. The third-order valence-corrected chi connectivity index (χ3v) is 4.44. The van der Waals surface area contributed by atoms with Crippen LogP contribution in [-0.4, -0.2) is 10.8 Å². The van der Waals surface area contributed by atoms with Gasteiger partial charge in [0.15, 0.2) is 0 Å². The molecule has 0 aliphatic heterocycles. The molecular formula is C17H10BrClN2O3. The van der Waals surface area contributed by atoms with Gasteiger partial charge in [-0.3, -0.25) is 14.9 Å². The molecule has 1 amide bonds. The molecule has 0 atom stereocenters. The summed E-state index contributed by atoms with van der Waals surface area (Å²) in [5.41, 5.74) is 0.275. The van der Waals surface area contributed by atoms with Gasteiger partial charge in [-0.25, -0.2) is 0 Å². The Morgan fingerprint density at radius 2 is 1.79 bits per heavy atom. The summed E-state index contributed by atoms with van der Waals surface area (Å²) in [4.78, 5) is 23.2. The van der Waals surface area contributed by atoms with E-state index in [0.717, 1.165) is 15.2 Å². The number of anilines is 1. The summed E-state index contributed by atoms with van der Waals surface area (Å²) in [5.74, 6) is -0.427. The van der Waals surface area contributed by atoms with Gasteiger partial charge in [-0.2, -0.15) is 0 Å². The van der Waals surface area contributed by atoms with Crippen molar-refractivity contribution in [2.45, 2.75) is 0 Å². The summed E-state index contributed by atoms with van der Waals surface area (Å²) in [6.07, 6.45) is 0. The maximum Gasteiger partial charge on any atom is 0.294 e. The van der Waals surface area contributed by atoms with Gasteiger partial charge in [0.05, 0.1) is 4.92 Å². The molecule has 0 spiro atoms. The van der Waals surface area contributed by atoms with Crippen molar-refractivity contribution < 1.29 is 9.72 Å². The third kappa shape index (κ3) is 3.11. The number of fused-ring (bicyclic) bond motifs is 1. The summed E-state index contributed by atoms with van der Waals surface area (Å²) in [7, 11) is 0. The van der Waals surface area contributed by atoms with Gasteiger partial charge in [0.2, 0.25) is 0 Å². The predicted octanol–water partition coefficient (Wildman–Crippen LogP) is 5.42. The van der Waals surface area contributed by atoms with Crippen LogP contribution in [0.25, 0.3) is 10.8 Å². The second-order valence-electron chi connectivity index (χ2n) is 5.01. The first-order valence-electron chi connectivity index (χ1n) is 6.90. The fraction of sp³-hybridized carbons (Fsp3) is 0. The molecular weight excluding hydrogens is 396 g/mol. The molecule has 0 aromatic heterocycles. The van der Waals surface area contributed by atoms with Gasteiger partial charge in [0, 0.05) is 21.1 Å². The number of hydrogen-bond acceptors (Lipinski definition) is 3. The normalized spacial score (nSPS) is 10.6. The minimum Gasteiger partial charge on any atom is -0.316 e. The Kier molecular flexibility index (Phi) is 4.51. The quantitative estimate of drug-likeness (QED) is 0.467. The first-order valence-corrected chi connectivity index (χ1v) is 8.07. The third-order valence-electron chi connectivity index (χ3n) is 3.52. The molecule has 0 unspecified atom stereocenters. The number of nitro groups is 1. The molecule has 5 nitrogen and oxygen atoms in total. The van der Waals surface area contributed by atoms with E-state index in [1.54, 1.807) is 12.1 Å². The van der Waals surface area contributed by atoms with Crippen LogP contribution in [0.2, 0.25) is 5.02 Å². The van der Waals surface area contributed by atoms with Crippen molar-refractivity contribution in [3.05, 3.63) is 79.8 Å². The van der Waals surface area contributed by atoms with Crippen LogP contribution >= 0.6 is 27.5 Å². The highest BCUT2D eigenvalue weighted by Gasteiger charge is 2.18. The van der Waals surface area contributed by atoms with Crippen molar-refractivity contribution in [1.29, 1.82) is 0 Å². The summed E-state index contributed by atoms with van der Waals surface area (Å²) >= 11 is 9.24. The average molecular weight is 406 g/mol. The van der Waals surface area contributed by atoms with E-state index < -0.39 is 10.8 Å². The van der Waals surface area contributed by atoms with Gasteiger partial charge in [-0.1, -0.05) is 51.8 Å². The van der Waals surface area contributed by atoms with Crippen LogP contribution in [0.3, 0.4) is 0 Å². The van der Waals surface area contributed by atoms with Crippen LogP contribution in [0.1, 0.15) is 10.4 Å². The van der Waals surface area contributed by atoms with Crippen LogP contribution in [0.15, 0.2) is 59.1 Å². The molecule has 3 aromatic rings. The molecule has 0 radical (unpaired) electrons. The monoisotopic (exact) mass is 404 g/mol. The summed E-state index contributed by atoms with van der Waals surface area (Å²) < 4.78 is 0.868. The number of benzene rings is 3. The fourth-order valence-electron chi connectivity index (χ4n) is 2.42. The second kappa shape index (κ2) is 6.59. The number of nitrogens with one attached hydrogen (secondary N) is 1. The molecule has 3 aromatic carbocycles. The zero-order chi connectivity index (χ0) is 17.3. The molecule has 0 saturated heterocycles. The number of nitrogens with zero attached hydrogens (tertiary/aromatic N) is 1. The Balaban J connectivity index is 2.03. The maximum absolute atomic E-state index is 12.6. The smallest absolute Gasteiger partial charge is 0.294 e. The lowest BCUT2D eigenvalue weighted by Crippen LogP contribution is -2.13. The number of halogens is 2. The largest absolute Gasteiger partial charge is 0.316 e. The SMILES string of the molecule is O=C(Nc1ccc(Cl)cc1[N+](=O)[O-])c1cccc2c(Br)cccc12.